The van der Waals surface area contributed by atoms with Crippen LogP contribution in [0.25, 0.3) is 0 Å². The highest BCUT2D eigenvalue weighted by atomic mass is 16.2. The summed E-state index contributed by atoms with van der Waals surface area (Å²) in [6, 6.07) is 19.9. The molecule has 0 heterocycles. The van der Waals surface area contributed by atoms with Crippen molar-refractivity contribution in [2.75, 3.05) is 6.54 Å². The van der Waals surface area contributed by atoms with Crippen LogP contribution in [0.1, 0.15) is 43.9 Å². The molecule has 0 spiro atoms. The van der Waals surface area contributed by atoms with Crippen LogP contribution in [0.4, 0.5) is 0 Å². The molecule has 2 aromatic carbocycles. The number of rotatable bonds is 9. The van der Waals surface area contributed by atoms with E-state index in [4.69, 9.17) is 0 Å². The third kappa shape index (κ3) is 7.09. The monoisotopic (exact) mass is 352 g/mol. The SMILES string of the molecule is CC(C)CCC(=O)NCC(=O)NC(Cc1ccccc1)c1ccccc1. The number of hydrogen-bond donors (Lipinski definition) is 2. The lowest BCUT2D eigenvalue weighted by Gasteiger charge is -2.20. The summed E-state index contributed by atoms with van der Waals surface area (Å²) in [5.74, 6) is 0.226. The van der Waals surface area contributed by atoms with E-state index in [1.54, 1.807) is 0 Å². The number of hydrogen-bond acceptors (Lipinski definition) is 2. The van der Waals surface area contributed by atoms with Crippen molar-refractivity contribution in [3.8, 4) is 0 Å². The van der Waals surface area contributed by atoms with Gasteiger partial charge in [0, 0.05) is 6.42 Å². The predicted octanol–water partition coefficient (Wildman–Crippen LogP) is 3.64. The Labute approximate surface area is 156 Å². The van der Waals surface area contributed by atoms with Gasteiger partial charge in [0.25, 0.3) is 0 Å². The van der Waals surface area contributed by atoms with E-state index in [0.29, 0.717) is 18.8 Å². The number of carbonyl (C=O) groups excluding carboxylic acids is 2. The Morgan fingerprint density at radius 2 is 1.50 bits per heavy atom. The van der Waals surface area contributed by atoms with Crippen LogP contribution in [0, 0.1) is 5.92 Å². The van der Waals surface area contributed by atoms with Crippen molar-refractivity contribution >= 4 is 11.8 Å². The maximum absolute atomic E-state index is 12.3. The van der Waals surface area contributed by atoms with E-state index in [2.05, 4.69) is 36.6 Å². The van der Waals surface area contributed by atoms with Crippen LogP contribution >= 0.6 is 0 Å². The van der Waals surface area contributed by atoms with Gasteiger partial charge in [-0.25, -0.2) is 0 Å². The van der Waals surface area contributed by atoms with Gasteiger partial charge in [-0.1, -0.05) is 74.5 Å². The molecule has 0 saturated heterocycles. The predicted molar refractivity (Wildman–Crippen MR) is 105 cm³/mol. The van der Waals surface area contributed by atoms with Crippen molar-refractivity contribution in [3.63, 3.8) is 0 Å². The van der Waals surface area contributed by atoms with Gasteiger partial charge in [-0.3, -0.25) is 9.59 Å². The average Bonchev–Trinajstić information content (AvgIpc) is 2.65. The largest absolute Gasteiger partial charge is 0.347 e. The van der Waals surface area contributed by atoms with E-state index in [-0.39, 0.29) is 24.4 Å². The van der Waals surface area contributed by atoms with Crippen LogP contribution in [0.15, 0.2) is 60.7 Å². The topological polar surface area (TPSA) is 58.2 Å². The fraction of sp³-hybridized carbons (Fsp3) is 0.364. The Hall–Kier alpha value is -2.62. The van der Waals surface area contributed by atoms with Gasteiger partial charge in [0.2, 0.25) is 11.8 Å². The quantitative estimate of drug-likeness (QED) is 0.724. The molecule has 4 nitrogen and oxygen atoms in total. The Morgan fingerprint density at radius 3 is 2.12 bits per heavy atom. The Bertz CT molecular complexity index is 684. The zero-order valence-electron chi connectivity index (χ0n) is 15.6. The summed E-state index contributed by atoms with van der Waals surface area (Å²) in [7, 11) is 0. The number of carbonyl (C=O) groups is 2. The van der Waals surface area contributed by atoms with Crippen LogP contribution in [0.2, 0.25) is 0 Å². The van der Waals surface area contributed by atoms with Crippen molar-refractivity contribution in [2.24, 2.45) is 5.92 Å². The van der Waals surface area contributed by atoms with Gasteiger partial charge in [-0.05, 0) is 29.9 Å². The first-order valence-corrected chi connectivity index (χ1v) is 9.19. The minimum absolute atomic E-state index is 0.00898. The summed E-state index contributed by atoms with van der Waals surface area (Å²) in [5, 5.41) is 5.76. The first-order chi connectivity index (χ1) is 12.5. The van der Waals surface area contributed by atoms with Crippen LogP contribution in [0.5, 0.6) is 0 Å². The average molecular weight is 352 g/mol. The van der Waals surface area contributed by atoms with Gasteiger partial charge in [0.1, 0.15) is 0 Å². The van der Waals surface area contributed by atoms with Crippen LogP contribution in [0.3, 0.4) is 0 Å². The van der Waals surface area contributed by atoms with Crippen molar-refractivity contribution < 1.29 is 9.59 Å². The molecule has 4 heteroatoms. The zero-order chi connectivity index (χ0) is 18.8. The zero-order valence-corrected chi connectivity index (χ0v) is 15.6. The Kier molecular flexibility index (Phi) is 7.87. The normalized spacial score (nSPS) is 11.8. The molecular formula is C22H28N2O2. The Morgan fingerprint density at radius 1 is 0.885 bits per heavy atom. The molecule has 2 amide bonds. The molecule has 2 aromatic rings. The van der Waals surface area contributed by atoms with Crippen molar-refractivity contribution in [1.82, 2.24) is 10.6 Å². The third-order valence-corrected chi connectivity index (χ3v) is 4.21. The number of benzene rings is 2. The lowest BCUT2D eigenvalue weighted by molar-refractivity contribution is -0.126. The first kappa shape index (κ1) is 19.7. The molecule has 0 aliphatic heterocycles. The molecule has 0 fully saturated rings. The molecule has 0 aliphatic rings. The molecule has 0 bridgehead atoms. The standard InChI is InChI=1S/C22H28N2O2/c1-17(2)13-14-21(25)23-16-22(26)24-20(19-11-7-4-8-12-19)15-18-9-5-3-6-10-18/h3-12,17,20H,13-16H2,1-2H3,(H,23,25)(H,24,26). The summed E-state index contributed by atoms with van der Waals surface area (Å²) in [6.45, 7) is 4.16. The molecular weight excluding hydrogens is 324 g/mol. The summed E-state index contributed by atoms with van der Waals surface area (Å²) in [5.41, 5.74) is 2.21. The van der Waals surface area contributed by atoms with Crippen LogP contribution < -0.4 is 10.6 Å². The van der Waals surface area contributed by atoms with Crippen LogP contribution in [-0.2, 0) is 16.0 Å². The smallest absolute Gasteiger partial charge is 0.239 e. The molecule has 138 valence electrons. The molecule has 0 aromatic heterocycles. The summed E-state index contributed by atoms with van der Waals surface area (Å²) < 4.78 is 0. The second-order valence-corrected chi connectivity index (χ2v) is 6.93. The van der Waals surface area contributed by atoms with E-state index in [1.807, 2.05) is 48.5 Å². The molecule has 1 unspecified atom stereocenters. The highest BCUT2D eigenvalue weighted by Crippen LogP contribution is 2.18. The lowest BCUT2D eigenvalue weighted by atomic mass is 9.99. The fourth-order valence-corrected chi connectivity index (χ4v) is 2.72. The van der Waals surface area contributed by atoms with Crippen molar-refractivity contribution in [3.05, 3.63) is 71.8 Å². The summed E-state index contributed by atoms with van der Waals surface area (Å²) >= 11 is 0. The molecule has 1 atom stereocenters. The van der Waals surface area contributed by atoms with Crippen LogP contribution in [-0.4, -0.2) is 18.4 Å². The molecule has 0 aliphatic carbocycles. The second kappa shape index (κ2) is 10.4. The minimum Gasteiger partial charge on any atom is -0.347 e. The van der Waals surface area contributed by atoms with Gasteiger partial charge in [0.15, 0.2) is 0 Å². The van der Waals surface area contributed by atoms with Crippen molar-refractivity contribution in [2.45, 2.75) is 39.2 Å². The van der Waals surface area contributed by atoms with Gasteiger partial charge in [0.05, 0.1) is 12.6 Å². The van der Waals surface area contributed by atoms with Gasteiger partial charge >= 0.3 is 0 Å². The maximum atomic E-state index is 12.3. The summed E-state index contributed by atoms with van der Waals surface area (Å²) in [4.78, 5) is 24.1. The summed E-state index contributed by atoms with van der Waals surface area (Å²) in [6.07, 6.45) is 1.99. The third-order valence-electron chi connectivity index (χ3n) is 4.21. The molecule has 2 rings (SSSR count). The maximum Gasteiger partial charge on any atom is 0.239 e. The minimum atomic E-state index is -0.173. The molecule has 2 N–H and O–H groups in total. The molecule has 26 heavy (non-hydrogen) atoms. The van der Waals surface area contributed by atoms with Gasteiger partial charge in [-0.15, -0.1) is 0 Å². The number of amides is 2. The van der Waals surface area contributed by atoms with E-state index in [9.17, 15) is 9.59 Å². The van der Waals surface area contributed by atoms with E-state index in [1.165, 1.54) is 0 Å². The highest BCUT2D eigenvalue weighted by Gasteiger charge is 2.15. The highest BCUT2D eigenvalue weighted by molar-refractivity contribution is 5.84. The second-order valence-electron chi connectivity index (χ2n) is 6.93. The first-order valence-electron chi connectivity index (χ1n) is 9.19. The number of nitrogens with one attached hydrogen (secondary N) is 2. The van der Waals surface area contributed by atoms with Crippen molar-refractivity contribution in [1.29, 1.82) is 0 Å². The molecule has 0 radical (unpaired) electrons. The van der Waals surface area contributed by atoms with E-state index < -0.39 is 0 Å². The van der Waals surface area contributed by atoms with Gasteiger partial charge < -0.3 is 10.6 Å². The van der Waals surface area contributed by atoms with Gasteiger partial charge in [-0.2, -0.15) is 0 Å². The Balaban J connectivity index is 1.93. The molecule has 0 saturated carbocycles. The fourth-order valence-electron chi connectivity index (χ4n) is 2.72. The lowest BCUT2D eigenvalue weighted by Crippen LogP contribution is -2.39. The van der Waals surface area contributed by atoms with E-state index >= 15 is 0 Å². The van der Waals surface area contributed by atoms with E-state index in [0.717, 1.165) is 17.5 Å².